The van der Waals surface area contributed by atoms with Crippen LogP contribution in [0.3, 0.4) is 0 Å². The highest BCUT2D eigenvalue weighted by atomic mass is 19.1. The molecule has 1 saturated heterocycles. The van der Waals surface area contributed by atoms with E-state index in [-0.39, 0.29) is 24.0 Å². The molecule has 3 rings (SSSR count). The van der Waals surface area contributed by atoms with Gasteiger partial charge in [0.2, 0.25) is 5.91 Å². The maximum atomic E-state index is 13.3. The van der Waals surface area contributed by atoms with E-state index in [1.807, 2.05) is 6.07 Å². The van der Waals surface area contributed by atoms with E-state index < -0.39 is 4.92 Å². The number of hydrogen-bond donors (Lipinski definition) is 0. The first-order chi connectivity index (χ1) is 12.8. The summed E-state index contributed by atoms with van der Waals surface area (Å²) in [5.41, 5.74) is 1.56. The number of carbonyl (C=O) groups is 1. The SMILES string of the molecule is Cc1nn(CC(=O)N2CCN(Cc3cccc(F)c3)CC2)c(C)c1[N+](=O)[O-]. The van der Waals surface area contributed by atoms with Crippen LogP contribution in [0.15, 0.2) is 24.3 Å². The third-order valence-electron chi connectivity index (χ3n) is 4.83. The second-order valence-corrected chi connectivity index (χ2v) is 6.72. The van der Waals surface area contributed by atoms with Crippen molar-refractivity contribution < 1.29 is 14.1 Å². The molecule has 1 aliphatic rings. The molecule has 9 heteroatoms. The molecule has 0 N–H and O–H groups in total. The fraction of sp³-hybridized carbons (Fsp3) is 0.444. The molecule has 0 bridgehead atoms. The molecule has 0 spiro atoms. The number of amides is 1. The minimum Gasteiger partial charge on any atom is -0.339 e. The Labute approximate surface area is 156 Å². The molecule has 2 aromatic rings. The summed E-state index contributed by atoms with van der Waals surface area (Å²) in [7, 11) is 0. The number of benzene rings is 1. The number of aromatic nitrogens is 2. The standard InChI is InChI=1S/C18H22FN5O3/c1-13-18(24(26)27)14(2)23(20-13)12-17(25)22-8-6-21(7-9-22)11-15-4-3-5-16(19)10-15/h3-5,10H,6-9,11-12H2,1-2H3. The summed E-state index contributed by atoms with van der Waals surface area (Å²) in [4.78, 5) is 27.1. The van der Waals surface area contributed by atoms with Crippen molar-refractivity contribution in [2.75, 3.05) is 26.2 Å². The maximum Gasteiger partial charge on any atom is 0.312 e. The van der Waals surface area contributed by atoms with Gasteiger partial charge in [0.25, 0.3) is 0 Å². The summed E-state index contributed by atoms with van der Waals surface area (Å²) >= 11 is 0. The second-order valence-electron chi connectivity index (χ2n) is 6.72. The van der Waals surface area contributed by atoms with Gasteiger partial charge in [-0.25, -0.2) is 4.39 Å². The van der Waals surface area contributed by atoms with Crippen molar-refractivity contribution in [2.24, 2.45) is 0 Å². The second kappa shape index (κ2) is 7.83. The molecular formula is C18H22FN5O3. The fourth-order valence-corrected chi connectivity index (χ4v) is 3.38. The van der Waals surface area contributed by atoms with E-state index in [2.05, 4.69) is 10.00 Å². The Morgan fingerprint density at radius 1 is 1.26 bits per heavy atom. The molecule has 1 fully saturated rings. The van der Waals surface area contributed by atoms with E-state index in [0.29, 0.717) is 44.1 Å². The molecular weight excluding hydrogens is 353 g/mol. The highest BCUT2D eigenvalue weighted by molar-refractivity contribution is 5.76. The predicted octanol–water partition coefficient (Wildman–Crippen LogP) is 1.89. The summed E-state index contributed by atoms with van der Waals surface area (Å²) in [6, 6.07) is 6.52. The zero-order valence-corrected chi connectivity index (χ0v) is 15.4. The summed E-state index contributed by atoms with van der Waals surface area (Å²) in [6.07, 6.45) is 0. The van der Waals surface area contributed by atoms with Gasteiger partial charge < -0.3 is 4.90 Å². The molecule has 0 radical (unpaired) electrons. The molecule has 0 unspecified atom stereocenters. The van der Waals surface area contributed by atoms with Crippen molar-refractivity contribution in [1.82, 2.24) is 19.6 Å². The van der Waals surface area contributed by atoms with E-state index in [0.717, 1.165) is 5.56 Å². The molecule has 1 amide bonds. The number of rotatable bonds is 5. The van der Waals surface area contributed by atoms with E-state index in [1.54, 1.807) is 24.8 Å². The Balaban J connectivity index is 1.56. The van der Waals surface area contributed by atoms with Gasteiger partial charge >= 0.3 is 5.69 Å². The van der Waals surface area contributed by atoms with Crippen LogP contribution in [-0.2, 0) is 17.9 Å². The quantitative estimate of drug-likeness (QED) is 0.589. The van der Waals surface area contributed by atoms with Gasteiger partial charge in [0.1, 0.15) is 23.7 Å². The van der Waals surface area contributed by atoms with Crippen LogP contribution in [0.5, 0.6) is 0 Å². The highest BCUT2D eigenvalue weighted by Gasteiger charge is 2.26. The minimum absolute atomic E-state index is 0.00951. The Morgan fingerprint density at radius 2 is 1.96 bits per heavy atom. The molecule has 1 aromatic heterocycles. The van der Waals surface area contributed by atoms with E-state index >= 15 is 0 Å². The van der Waals surface area contributed by atoms with Gasteiger partial charge in [-0.05, 0) is 31.5 Å². The van der Waals surface area contributed by atoms with Gasteiger partial charge in [0, 0.05) is 32.7 Å². The third-order valence-corrected chi connectivity index (χ3v) is 4.83. The molecule has 1 aromatic carbocycles. The molecule has 144 valence electrons. The molecule has 1 aliphatic heterocycles. The van der Waals surface area contributed by atoms with Gasteiger partial charge in [-0.1, -0.05) is 12.1 Å². The Hall–Kier alpha value is -2.81. The molecule has 8 nitrogen and oxygen atoms in total. The lowest BCUT2D eigenvalue weighted by molar-refractivity contribution is -0.386. The number of halogens is 1. The average molecular weight is 375 g/mol. The number of aryl methyl sites for hydroxylation is 1. The number of nitrogens with zero attached hydrogens (tertiary/aromatic N) is 5. The van der Waals surface area contributed by atoms with Gasteiger partial charge in [0.05, 0.1) is 4.92 Å². The largest absolute Gasteiger partial charge is 0.339 e. The average Bonchev–Trinajstić information content (AvgIpc) is 2.89. The first kappa shape index (κ1) is 19.0. The maximum absolute atomic E-state index is 13.3. The topological polar surface area (TPSA) is 84.5 Å². The van der Waals surface area contributed by atoms with Crippen molar-refractivity contribution in [3.8, 4) is 0 Å². The summed E-state index contributed by atoms with van der Waals surface area (Å²) in [5, 5.41) is 15.2. The highest BCUT2D eigenvalue weighted by Crippen LogP contribution is 2.22. The number of carbonyl (C=O) groups excluding carboxylic acids is 1. The van der Waals surface area contributed by atoms with E-state index in [1.165, 1.54) is 16.8 Å². The Morgan fingerprint density at radius 3 is 2.56 bits per heavy atom. The molecule has 0 aliphatic carbocycles. The summed E-state index contributed by atoms with van der Waals surface area (Å²) in [5.74, 6) is -0.360. The minimum atomic E-state index is -0.468. The van der Waals surface area contributed by atoms with Crippen LogP contribution >= 0.6 is 0 Å². The fourth-order valence-electron chi connectivity index (χ4n) is 3.38. The van der Waals surface area contributed by atoms with Crippen LogP contribution in [0, 0.1) is 29.8 Å². The van der Waals surface area contributed by atoms with E-state index in [4.69, 9.17) is 0 Å². The molecule has 2 heterocycles. The van der Waals surface area contributed by atoms with E-state index in [9.17, 15) is 19.3 Å². The normalized spacial score (nSPS) is 15.1. The van der Waals surface area contributed by atoms with Gasteiger partial charge in [0.15, 0.2) is 0 Å². The lowest BCUT2D eigenvalue weighted by Crippen LogP contribution is -2.49. The van der Waals surface area contributed by atoms with Crippen molar-refractivity contribution in [3.63, 3.8) is 0 Å². The molecule has 27 heavy (non-hydrogen) atoms. The van der Waals surface area contributed by atoms with Gasteiger partial charge in [-0.3, -0.25) is 24.5 Å². The van der Waals surface area contributed by atoms with Crippen LogP contribution in [-0.4, -0.2) is 56.6 Å². The van der Waals surface area contributed by atoms with Crippen molar-refractivity contribution >= 4 is 11.6 Å². The molecule has 0 saturated carbocycles. The zero-order chi connectivity index (χ0) is 19.6. The van der Waals surface area contributed by atoms with Crippen LogP contribution in [0.2, 0.25) is 0 Å². The first-order valence-electron chi connectivity index (χ1n) is 8.78. The molecule has 0 atom stereocenters. The Kier molecular flexibility index (Phi) is 5.50. The lowest BCUT2D eigenvalue weighted by Gasteiger charge is -2.34. The van der Waals surface area contributed by atoms with Crippen LogP contribution in [0.4, 0.5) is 10.1 Å². The third kappa shape index (κ3) is 4.30. The Bertz CT molecular complexity index is 859. The number of nitro groups is 1. The first-order valence-corrected chi connectivity index (χ1v) is 8.78. The zero-order valence-electron chi connectivity index (χ0n) is 15.4. The summed E-state index contributed by atoms with van der Waals surface area (Å²) in [6.45, 7) is 6.32. The summed E-state index contributed by atoms with van der Waals surface area (Å²) < 4.78 is 14.7. The monoisotopic (exact) mass is 375 g/mol. The van der Waals surface area contributed by atoms with Crippen LogP contribution in [0.1, 0.15) is 17.0 Å². The van der Waals surface area contributed by atoms with Gasteiger partial charge in [-0.2, -0.15) is 5.10 Å². The predicted molar refractivity (Wildman–Crippen MR) is 96.6 cm³/mol. The smallest absolute Gasteiger partial charge is 0.312 e. The lowest BCUT2D eigenvalue weighted by atomic mass is 10.2. The number of piperazine rings is 1. The van der Waals surface area contributed by atoms with Gasteiger partial charge in [-0.15, -0.1) is 0 Å². The van der Waals surface area contributed by atoms with Crippen molar-refractivity contribution in [2.45, 2.75) is 26.9 Å². The van der Waals surface area contributed by atoms with Crippen LogP contribution in [0.25, 0.3) is 0 Å². The number of hydrogen-bond acceptors (Lipinski definition) is 5. The van der Waals surface area contributed by atoms with Crippen LogP contribution < -0.4 is 0 Å². The van der Waals surface area contributed by atoms with Crippen molar-refractivity contribution in [3.05, 3.63) is 57.1 Å². The van der Waals surface area contributed by atoms with Crippen molar-refractivity contribution in [1.29, 1.82) is 0 Å².